The van der Waals surface area contributed by atoms with Gasteiger partial charge in [0, 0.05) is 11.4 Å². The number of hydrogen-bond acceptors (Lipinski definition) is 5. The SMILES string of the molecule is Cc1ccc(-c2cc(N)c(=O)n(CC(=O)NCC3CC3)n2)s1. The number of nitrogens with two attached hydrogens (primary N) is 1. The quantitative estimate of drug-likeness (QED) is 0.871. The van der Waals surface area contributed by atoms with Gasteiger partial charge in [0.05, 0.1) is 4.88 Å². The first-order valence-electron chi connectivity index (χ1n) is 7.24. The van der Waals surface area contributed by atoms with E-state index in [4.69, 9.17) is 5.73 Å². The van der Waals surface area contributed by atoms with E-state index in [-0.39, 0.29) is 18.1 Å². The molecule has 1 fully saturated rings. The number of aryl methyl sites for hydroxylation is 1. The minimum Gasteiger partial charge on any atom is -0.394 e. The Bertz CT molecular complexity index is 761. The Hall–Kier alpha value is -2.15. The molecule has 0 aromatic carbocycles. The van der Waals surface area contributed by atoms with Crippen molar-refractivity contribution < 1.29 is 4.79 Å². The highest BCUT2D eigenvalue weighted by atomic mass is 32.1. The molecular weight excluding hydrogens is 300 g/mol. The van der Waals surface area contributed by atoms with Gasteiger partial charge >= 0.3 is 0 Å². The average Bonchev–Trinajstić information content (AvgIpc) is 3.21. The van der Waals surface area contributed by atoms with Crippen molar-refractivity contribution in [1.82, 2.24) is 15.1 Å². The zero-order valence-electron chi connectivity index (χ0n) is 12.3. The Morgan fingerprint density at radius 2 is 2.27 bits per heavy atom. The zero-order valence-corrected chi connectivity index (χ0v) is 13.2. The summed E-state index contributed by atoms with van der Waals surface area (Å²) in [5, 5.41) is 7.10. The number of nitrogens with zero attached hydrogens (tertiary/aromatic N) is 2. The van der Waals surface area contributed by atoms with Gasteiger partial charge in [-0.05, 0) is 43.9 Å². The number of nitrogen functional groups attached to an aromatic ring is 1. The summed E-state index contributed by atoms with van der Waals surface area (Å²) in [7, 11) is 0. The first-order chi connectivity index (χ1) is 10.5. The number of anilines is 1. The van der Waals surface area contributed by atoms with E-state index in [1.807, 2.05) is 19.1 Å². The maximum Gasteiger partial charge on any atom is 0.290 e. The van der Waals surface area contributed by atoms with E-state index in [0.29, 0.717) is 18.2 Å². The lowest BCUT2D eigenvalue weighted by atomic mass is 10.3. The molecule has 1 aliphatic carbocycles. The van der Waals surface area contributed by atoms with E-state index in [9.17, 15) is 9.59 Å². The number of nitrogens with one attached hydrogen (secondary N) is 1. The van der Waals surface area contributed by atoms with Crippen LogP contribution in [0.1, 0.15) is 17.7 Å². The van der Waals surface area contributed by atoms with Crippen LogP contribution in [0.4, 0.5) is 5.69 Å². The average molecular weight is 318 g/mol. The normalized spacial score (nSPS) is 14.0. The maximum atomic E-state index is 12.0. The predicted molar refractivity (Wildman–Crippen MR) is 86.7 cm³/mol. The highest BCUT2D eigenvalue weighted by Crippen LogP contribution is 2.27. The van der Waals surface area contributed by atoms with E-state index in [1.165, 1.54) is 12.8 Å². The fraction of sp³-hybridized carbons (Fsp3) is 0.400. The van der Waals surface area contributed by atoms with Crippen LogP contribution in [0.3, 0.4) is 0 Å². The van der Waals surface area contributed by atoms with Gasteiger partial charge in [0.1, 0.15) is 17.9 Å². The Morgan fingerprint density at radius 3 is 2.91 bits per heavy atom. The first kappa shape index (κ1) is 14.8. The Morgan fingerprint density at radius 1 is 1.50 bits per heavy atom. The smallest absolute Gasteiger partial charge is 0.290 e. The molecule has 1 amide bonds. The molecule has 2 aromatic rings. The molecular formula is C15H18N4O2S. The summed E-state index contributed by atoms with van der Waals surface area (Å²) < 4.78 is 1.14. The van der Waals surface area contributed by atoms with E-state index in [1.54, 1.807) is 17.4 Å². The van der Waals surface area contributed by atoms with Gasteiger partial charge in [0.2, 0.25) is 5.91 Å². The van der Waals surface area contributed by atoms with Crippen LogP contribution < -0.4 is 16.6 Å². The van der Waals surface area contributed by atoms with Gasteiger partial charge < -0.3 is 11.1 Å². The second-order valence-corrected chi connectivity index (χ2v) is 6.89. The second-order valence-electron chi connectivity index (χ2n) is 5.61. The van der Waals surface area contributed by atoms with Gasteiger partial charge in [-0.25, -0.2) is 4.68 Å². The van der Waals surface area contributed by atoms with Crippen LogP contribution in [0.15, 0.2) is 23.0 Å². The highest BCUT2D eigenvalue weighted by molar-refractivity contribution is 7.15. The lowest BCUT2D eigenvalue weighted by Gasteiger charge is -2.08. The van der Waals surface area contributed by atoms with Gasteiger partial charge in [-0.3, -0.25) is 9.59 Å². The third-order valence-corrected chi connectivity index (χ3v) is 4.60. The van der Waals surface area contributed by atoms with Crippen molar-refractivity contribution in [2.24, 2.45) is 5.92 Å². The molecule has 6 nitrogen and oxygen atoms in total. The van der Waals surface area contributed by atoms with Gasteiger partial charge in [0.15, 0.2) is 0 Å². The molecule has 3 N–H and O–H groups in total. The molecule has 0 atom stereocenters. The summed E-state index contributed by atoms with van der Waals surface area (Å²) in [6.45, 7) is 2.57. The third kappa shape index (κ3) is 3.36. The lowest BCUT2D eigenvalue weighted by molar-refractivity contribution is -0.121. The Labute approximate surface area is 132 Å². The number of hydrogen-bond donors (Lipinski definition) is 2. The maximum absolute atomic E-state index is 12.0. The Balaban J connectivity index is 1.81. The minimum atomic E-state index is -0.432. The Kier molecular flexibility index (Phi) is 3.98. The lowest BCUT2D eigenvalue weighted by Crippen LogP contribution is -2.35. The molecule has 0 saturated heterocycles. The molecule has 7 heteroatoms. The molecule has 3 rings (SSSR count). The highest BCUT2D eigenvalue weighted by Gasteiger charge is 2.22. The molecule has 0 aliphatic heterocycles. The van der Waals surface area contributed by atoms with Crippen LogP contribution in [-0.4, -0.2) is 22.2 Å². The van der Waals surface area contributed by atoms with Gasteiger partial charge in [0.25, 0.3) is 5.56 Å². The van der Waals surface area contributed by atoms with Crippen molar-refractivity contribution >= 4 is 22.9 Å². The van der Waals surface area contributed by atoms with Crippen molar-refractivity contribution in [1.29, 1.82) is 0 Å². The van der Waals surface area contributed by atoms with Crippen molar-refractivity contribution in [2.45, 2.75) is 26.3 Å². The first-order valence-corrected chi connectivity index (χ1v) is 8.05. The van der Waals surface area contributed by atoms with Crippen LogP contribution in [0.25, 0.3) is 10.6 Å². The fourth-order valence-electron chi connectivity index (χ4n) is 2.13. The molecule has 116 valence electrons. The number of amides is 1. The predicted octanol–water partition coefficient (Wildman–Crippen LogP) is 1.39. The summed E-state index contributed by atoms with van der Waals surface area (Å²) in [5.41, 5.74) is 6.06. The van der Waals surface area contributed by atoms with Crippen molar-refractivity contribution in [2.75, 3.05) is 12.3 Å². The van der Waals surface area contributed by atoms with Crippen molar-refractivity contribution in [3.63, 3.8) is 0 Å². The summed E-state index contributed by atoms with van der Waals surface area (Å²) >= 11 is 1.57. The topological polar surface area (TPSA) is 90.0 Å². The van der Waals surface area contributed by atoms with Crippen LogP contribution in [0.5, 0.6) is 0 Å². The van der Waals surface area contributed by atoms with E-state index in [0.717, 1.165) is 14.4 Å². The fourth-order valence-corrected chi connectivity index (χ4v) is 2.96. The standard InChI is InChI=1S/C15H18N4O2S/c1-9-2-5-13(22-9)12-6-11(16)15(21)19(18-12)8-14(20)17-7-10-3-4-10/h2,5-6,10H,3-4,7-8,16H2,1H3,(H,17,20). The minimum absolute atomic E-state index is 0.103. The summed E-state index contributed by atoms with van der Waals surface area (Å²) in [5.74, 6) is 0.388. The van der Waals surface area contributed by atoms with Gasteiger partial charge in [-0.2, -0.15) is 5.10 Å². The molecule has 1 saturated carbocycles. The van der Waals surface area contributed by atoms with E-state index in [2.05, 4.69) is 10.4 Å². The summed E-state index contributed by atoms with van der Waals surface area (Å²) in [6.07, 6.45) is 2.33. The third-order valence-electron chi connectivity index (χ3n) is 3.57. The van der Waals surface area contributed by atoms with Crippen LogP contribution >= 0.6 is 11.3 Å². The van der Waals surface area contributed by atoms with Gasteiger partial charge in [-0.15, -0.1) is 11.3 Å². The number of carbonyl (C=O) groups excluding carboxylic acids is 1. The molecule has 2 heterocycles. The number of thiophene rings is 1. The van der Waals surface area contributed by atoms with Crippen molar-refractivity contribution in [3.05, 3.63) is 33.4 Å². The molecule has 0 bridgehead atoms. The number of rotatable bonds is 5. The van der Waals surface area contributed by atoms with E-state index >= 15 is 0 Å². The molecule has 2 aromatic heterocycles. The largest absolute Gasteiger partial charge is 0.394 e. The monoisotopic (exact) mass is 318 g/mol. The van der Waals surface area contributed by atoms with E-state index < -0.39 is 5.56 Å². The molecule has 0 spiro atoms. The molecule has 0 unspecified atom stereocenters. The zero-order chi connectivity index (χ0) is 15.7. The van der Waals surface area contributed by atoms with Crippen LogP contribution in [-0.2, 0) is 11.3 Å². The summed E-state index contributed by atoms with van der Waals surface area (Å²) in [6, 6.07) is 5.48. The van der Waals surface area contributed by atoms with Crippen molar-refractivity contribution in [3.8, 4) is 10.6 Å². The second kappa shape index (κ2) is 5.92. The summed E-state index contributed by atoms with van der Waals surface area (Å²) in [4.78, 5) is 26.0. The van der Waals surface area contributed by atoms with Crippen LogP contribution in [0, 0.1) is 12.8 Å². The number of aromatic nitrogens is 2. The molecule has 0 radical (unpaired) electrons. The van der Waals surface area contributed by atoms with Gasteiger partial charge in [-0.1, -0.05) is 0 Å². The van der Waals surface area contributed by atoms with Crippen LogP contribution in [0.2, 0.25) is 0 Å². The molecule has 22 heavy (non-hydrogen) atoms. The molecule has 1 aliphatic rings. The number of carbonyl (C=O) groups is 1.